The number of rotatable bonds is 3. The van der Waals surface area contributed by atoms with Crippen LogP contribution in [-0.2, 0) is 14.3 Å². The van der Waals surface area contributed by atoms with Crippen molar-refractivity contribution in [3.05, 3.63) is 0 Å². The van der Waals surface area contributed by atoms with Gasteiger partial charge in [-0.25, -0.2) is 0 Å². The first kappa shape index (κ1) is 12.9. The third-order valence-electron chi connectivity index (χ3n) is 2.25. The summed E-state index contributed by atoms with van der Waals surface area (Å²) in [6.07, 6.45) is -0.403. The SMILES string of the molecule is NCCNC(=O)C(=O)N1CCOC(CO)C1. The molecule has 1 saturated heterocycles. The van der Waals surface area contributed by atoms with Gasteiger partial charge in [0.2, 0.25) is 0 Å². The van der Waals surface area contributed by atoms with Crippen LogP contribution in [0.15, 0.2) is 0 Å². The highest BCUT2D eigenvalue weighted by molar-refractivity contribution is 6.35. The fourth-order valence-electron chi connectivity index (χ4n) is 1.42. The van der Waals surface area contributed by atoms with E-state index in [9.17, 15) is 9.59 Å². The summed E-state index contributed by atoms with van der Waals surface area (Å²) in [4.78, 5) is 24.3. The molecule has 1 atom stereocenters. The molecule has 16 heavy (non-hydrogen) atoms. The summed E-state index contributed by atoms with van der Waals surface area (Å²) < 4.78 is 5.17. The number of hydrogen-bond acceptors (Lipinski definition) is 5. The van der Waals surface area contributed by atoms with Crippen molar-refractivity contribution in [2.45, 2.75) is 6.10 Å². The van der Waals surface area contributed by atoms with E-state index in [2.05, 4.69) is 5.32 Å². The number of aliphatic hydroxyl groups excluding tert-OH is 1. The first-order valence-corrected chi connectivity index (χ1v) is 5.18. The lowest BCUT2D eigenvalue weighted by Crippen LogP contribution is -2.52. The van der Waals surface area contributed by atoms with Crippen molar-refractivity contribution in [2.24, 2.45) is 5.73 Å². The summed E-state index contributed by atoms with van der Waals surface area (Å²) in [5, 5.41) is 11.3. The fourth-order valence-corrected chi connectivity index (χ4v) is 1.42. The summed E-state index contributed by atoms with van der Waals surface area (Å²) in [6.45, 7) is 1.35. The summed E-state index contributed by atoms with van der Waals surface area (Å²) >= 11 is 0. The van der Waals surface area contributed by atoms with Crippen LogP contribution in [0.2, 0.25) is 0 Å². The Balaban J connectivity index is 2.43. The first-order valence-electron chi connectivity index (χ1n) is 5.18. The van der Waals surface area contributed by atoms with Gasteiger partial charge < -0.3 is 25.8 Å². The second kappa shape index (κ2) is 6.41. The number of hydrogen-bond donors (Lipinski definition) is 3. The molecule has 1 rings (SSSR count). The molecule has 0 bridgehead atoms. The summed E-state index contributed by atoms with van der Waals surface area (Å²) in [5.74, 6) is -1.26. The first-order chi connectivity index (χ1) is 7.69. The van der Waals surface area contributed by atoms with Crippen LogP contribution in [0.3, 0.4) is 0 Å². The molecule has 4 N–H and O–H groups in total. The Morgan fingerprint density at radius 3 is 2.94 bits per heavy atom. The smallest absolute Gasteiger partial charge is 0.312 e. The molecular weight excluding hydrogens is 214 g/mol. The second-order valence-corrected chi connectivity index (χ2v) is 3.47. The Labute approximate surface area is 93.5 Å². The minimum atomic E-state index is -0.663. The zero-order chi connectivity index (χ0) is 12.0. The number of morpholine rings is 1. The number of carbonyl (C=O) groups is 2. The normalized spacial score (nSPS) is 20.6. The molecule has 7 heteroatoms. The van der Waals surface area contributed by atoms with Gasteiger partial charge >= 0.3 is 11.8 Å². The van der Waals surface area contributed by atoms with Crippen molar-refractivity contribution in [3.8, 4) is 0 Å². The average Bonchev–Trinajstić information content (AvgIpc) is 2.35. The topological polar surface area (TPSA) is 105 Å². The number of amides is 2. The Kier molecular flexibility index (Phi) is 5.17. The quantitative estimate of drug-likeness (QED) is 0.458. The zero-order valence-corrected chi connectivity index (χ0v) is 9.02. The molecule has 1 aliphatic rings. The van der Waals surface area contributed by atoms with Crippen LogP contribution >= 0.6 is 0 Å². The van der Waals surface area contributed by atoms with Gasteiger partial charge in [0.05, 0.1) is 19.3 Å². The Bertz CT molecular complexity index is 259. The van der Waals surface area contributed by atoms with Gasteiger partial charge in [0, 0.05) is 26.2 Å². The molecule has 1 aliphatic heterocycles. The van der Waals surface area contributed by atoms with E-state index in [4.69, 9.17) is 15.6 Å². The summed E-state index contributed by atoms with van der Waals surface area (Å²) in [5.41, 5.74) is 5.21. The number of carbonyl (C=O) groups excluding carboxylic acids is 2. The van der Waals surface area contributed by atoms with Crippen molar-refractivity contribution >= 4 is 11.8 Å². The number of ether oxygens (including phenoxy) is 1. The number of nitrogens with one attached hydrogen (secondary N) is 1. The van der Waals surface area contributed by atoms with Gasteiger partial charge in [-0.3, -0.25) is 9.59 Å². The van der Waals surface area contributed by atoms with E-state index in [1.54, 1.807) is 0 Å². The molecule has 1 fully saturated rings. The van der Waals surface area contributed by atoms with Gasteiger partial charge in [-0.2, -0.15) is 0 Å². The van der Waals surface area contributed by atoms with Crippen LogP contribution in [0.5, 0.6) is 0 Å². The number of nitrogens with two attached hydrogens (primary N) is 1. The predicted molar refractivity (Wildman–Crippen MR) is 55.5 cm³/mol. The van der Waals surface area contributed by atoms with Crippen LogP contribution in [0.4, 0.5) is 0 Å². The van der Waals surface area contributed by atoms with Crippen LogP contribution in [0.1, 0.15) is 0 Å². The molecule has 92 valence electrons. The highest BCUT2D eigenvalue weighted by atomic mass is 16.5. The summed E-state index contributed by atoms with van der Waals surface area (Å²) in [6, 6.07) is 0. The van der Waals surface area contributed by atoms with E-state index in [0.717, 1.165) is 0 Å². The van der Waals surface area contributed by atoms with Gasteiger partial charge in [-0.05, 0) is 0 Å². The second-order valence-electron chi connectivity index (χ2n) is 3.47. The zero-order valence-electron chi connectivity index (χ0n) is 9.02. The maximum absolute atomic E-state index is 11.6. The molecule has 7 nitrogen and oxygen atoms in total. The molecule has 2 amide bonds. The largest absolute Gasteiger partial charge is 0.394 e. The average molecular weight is 231 g/mol. The van der Waals surface area contributed by atoms with Crippen molar-refractivity contribution in [3.63, 3.8) is 0 Å². The van der Waals surface area contributed by atoms with E-state index >= 15 is 0 Å². The lowest BCUT2D eigenvalue weighted by Gasteiger charge is -2.31. The third-order valence-corrected chi connectivity index (χ3v) is 2.25. The maximum Gasteiger partial charge on any atom is 0.312 e. The fraction of sp³-hybridized carbons (Fsp3) is 0.778. The molecule has 0 aliphatic carbocycles. The van der Waals surface area contributed by atoms with Crippen LogP contribution in [-0.4, -0.2) is 67.3 Å². The number of nitrogens with zero attached hydrogens (tertiary/aromatic N) is 1. The molecule has 0 aromatic heterocycles. The number of aliphatic hydroxyl groups is 1. The van der Waals surface area contributed by atoms with E-state index in [1.807, 2.05) is 0 Å². The lowest BCUT2D eigenvalue weighted by atomic mass is 10.2. The molecule has 0 aromatic rings. The molecule has 0 aromatic carbocycles. The minimum Gasteiger partial charge on any atom is -0.394 e. The monoisotopic (exact) mass is 231 g/mol. The van der Waals surface area contributed by atoms with Gasteiger partial charge in [0.15, 0.2) is 0 Å². The van der Waals surface area contributed by atoms with Crippen molar-refractivity contribution in [1.82, 2.24) is 10.2 Å². The molecular formula is C9H17N3O4. The lowest BCUT2D eigenvalue weighted by molar-refractivity contribution is -0.151. The predicted octanol–water partition coefficient (Wildman–Crippen LogP) is -2.72. The minimum absolute atomic E-state index is 0.159. The molecule has 1 unspecified atom stereocenters. The Hall–Kier alpha value is -1.18. The van der Waals surface area contributed by atoms with E-state index < -0.39 is 17.9 Å². The maximum atomic E-state index is 11.6. The third kappa shape index (κ3) is 3.44. The van der Waals surface area contributed by atoms with Crippen LogP contribution in [0, 0.1) is 0 Å². The molecule has 0 saturated carbocycles. The van der Waals surface area contributed by atoms with Gasteiger partial charge in [-0.15, -0.1) is 0 Å². The van der Waals surface area contributed by atoms with Gasteiger partial charge in [0.25, 0.3) is 0 Å². The van der Waals surface area contributed by atoms with Crippen molar-refractivity contribution in [1.29, 1.82) is 0 Å². The molecule has 0 radical (unpaired) electrons. The van der Waals surface area contributed by atoms with E-state index in [1.165, 1.54) is 4.90 Å². The van der Waals surface area contributed by atoms with E-state index in [-0.39, 0.29) is 19.7 Å². The molecule has 0 spiro atoms. The Morgan fingerprint density at radius 2 is 2.31 bits per heavy atom. The Morgan fingerprint density at radius 1 is 1.56 bits per heavy atom. The van der Waals surface area contributed by atoms with Crippen molar-refractivity contribution in [2.75, 3.05) is 39.4 Å². The van der Waals surface area contributed by atoms with Crippen LogP contribution < -0.4 is 11.1 Å². The van der Waals surface area contributed by atoms with E-state index in [0.29, 0.717) is 19.7 Å². The van der Waals surface area contributed by atoms with Crippen LogP contribution in [0.25, 0.3) is 0 Å². The highest BCUT2D eigenvalue weighted by Crippen LogP contribution is 2.04. The standard InChI is InChI=1S/C9H17N3O4/c10-1-2-11-8(14)9(15)12-3-4-16-7(5-12)6-13/h7,13H,1-6,10H2,(H,11,14). The van der Waals surface area contributed by atoms with Gasteiger partial charge in [-0.1, -0.05) is 0 Å². The molecule has 1 heterocycles. The highest BCUT2D eigenvalue weighted by Gasteiger charge is 2.27. The van der Waals surface area contributed by atoms with Crippen molar-refractivity contribution < 1.29 is 19.4 Å². The van der Waals surface area contributed by atoms with Gasteiger partial charge in [0.1, 0.15) is 0 Å². The summed E-state index contributed by atoms with van der Waals surface area (Å²) in [7, 11) is 0.